The van der Waals surface area contributed by atoms with E-state index < -0.39 is 0 Å². The fourth-order valence-electron chi connectivity index (χ4n) is 3.11. The largest absolute Gasteiger partial charge is 0.396 e. The number of aromatic nitrogens is 1. The number of amides is 1. The molecule has 0 radical (unpaired) electrons. The molecule has 1 saturated heterocycles. The number of benzene rings is 1. The molecular formula is C17H23N3O2S. The minimum atomic E-state index is -0.147. The highest BCUT2D eigenvalue weighted by Crippen LogP contribution is 2.23. The Morgan fingerprint density at radius 3 is 3.00 bits per heavy atom. The number of hydrogen-bond donors (Lipinski definition) is 1. The molecule has 2 aromatic rings. The van der Waals surface area contributed by atoms with Gasteiger partial charge in [-0.05, 0) is 37.9 Å². The number of carbonyl (C=O) groups excluding carboxylic acids is 1. The lowest BCUT2D eigenvalue weighted by atomic mass is 10.1. The molecule has 1 fully saturated rings. The summed E-state index contributed by atoms with van der Waals surface area (Å²) in [5.74, 6) is 0.419. The number of likely N-dealkylation sites (tertiary alicyclic amines) is 1. The van der Waals surface area contributed by atoms with E-state index in [0.717, 1.165) is 34.7 Å². The predicted octanol–water partition coefficient (Wildman–Crippen LogP) is 1.96. The number of rotatable bonds is 5. The number of aliphatic hydroxyl groups is 1. The van der Waals surface area contributed by atoms with Gasteiger partial charge < -0.3 is 10.0 Å². The molecule has 1 aliphatic heterocycles. The van der Waals surface area contributed by atoms with Crippen LogP contribution < -0.4 is 0 Å². The van der Waals surface area contributed by atoms with Crippen LogP contribution in [0.5, 0.6) is 0 Å². The van der Waals surface area contributed by atoms with E-state index in [-0.39, 0.29) is 18.6 Å². The van der Waals surface area contributed by atoms with Crippen molar-refractivity contribution in [2.24, 2.45) is 5.92 Å². The van der Waals surface area contributed by atoms with Crippen LogP contribution in [-0.2, 0) is 11.3 Å². The van der Waals surface area contributed by atoms with Gasteiger partial charge in [0, 0.05) is 20.2 Å². The minimum absolute atomic E-state index is 0.114. The van der Waals surface area contributed by atoms with E-state index in [1.54, 1.807) is 16.2 Å². The van der Waals surface area contributed by atoms with E-state index >= 15 is 0 Å². The summed E-state index contributed by atoms with van der Waals surface area (Å²) in [4.78, 5) is 21.2. The van der Waals surface area contributed by atoms with Crippen LogP contribution in [0.25, 0.3) is 10.2 Å². The summed E-state index contributed by atoms with van der Waals surface area (Å²) in [6.07, 6.45) is 0.968. The number of likely N-dealkylation sites (N-methyl/N-ethyl adjacent to an activating group) is 1. The van der Waals surface area contributed by atoms with Gasteiger partial charge in [0.2, 0.25) is 5.91 Å². The molecule has 1 N–H and O–H groups in total. The fraction of sp³-hybridized carbons (Fsp3) is 0.529. The Hall–Kier alpha value is -1.50. The third kappa shape index (κ3) is 3.54. The molecule has 0 bridgehead atoms. The zero-order valence-electron chi connectivity index (χ0n) is 13.6. The van der Waals surface area contributed by atoms with Crippen molar-refractivity contribution in [3.05, 3.63) is 29.3 Å². The van der Waals surface area contributed by atoms with Crippen LogP contribution in [0.15, 0.2) is 24.3 Å². The van der Waals surface area contributed by atoms with Gasteiger partial charge in [0.1, 0.15) is 5.01 Å². The van der Waals surface area contributed by atoms with Crippen molar-refractivity contribution in [1.29, 1.82) is 0 Å². The third-order valence-electron chi connectivity index (χ3n) is 4.57. The predicted molar refractivity (Wildman–Crippen MR) is 92.3 cm³/mol. The first-order valence-corrected chi connectivity index (χ1v) is 8.84. The zero-order chi connectivity index (χ0) is 16.4. The molecule has 0 aliphatic carbocycles. The highest BCUT2D eigenvalue weighted by atomic mass is 32.1. The maximum atomic E-state index is 12.6. The molecule has 2 atom stereocenters. The number of thiazole rings is 1. The topological polar surface area (TPSA) is 56.7 Å². The van der Waals surface area contributed by atoms with Crippen molar-refractivity contribution in [3.63, 3.8) is 0 Å². The molecule has 2 unspecified atom stereocenters. The third-order valence-corrected chi connectivity index (χ3v) is 5.59. The Morgan fingerprint density at radius 2 is 2.30 bits per heavy atom. The van der Waals surface area contributed by atoms with Gasteiger partial charge in [0.25, 0.3) is 0 Å². The monoisotopic (exact) mass is 333 g/mol. The summed E-state index contributed by atoms with van der Waals surface area (Å²) in [5, 5.41) is 10.2. The number of hydrogen-bond acceptors (Lipinski definition) is 5. The lowest BCUT2D eigenvalue weighted by Crippen LogP contribution is -2.44. The van der Waals surface area contributed by atoms with Gasteiger partial charge in [-0.25, -0.2) is 4.98 Å². The van der Waals surface area contributed by atoms with Gasteiger partial charge >= 0.3 is 0 Å². The van der Waals surface area contributed by atoms with Gasteiger partial charge in [0.05, 0.1) is 22.8 Å². The summed E-state index contributed by atoms with van der Waals surface area (Å²) >= 11 is 1.64. The van der Waals surface area contributed by atoms with Gasteiger partial charge in [-0.15, -0.1) is 11.3 Å². The Morgan fingerprint density at radius 1 is 1.52 bits per heavy atom. The first-order valence-electron chi connectivity index (χ1n) is 8.03. The van der Waals surface area contributed by atoms with Crippen LogP contribution in [0.2, 0.25) is 0 Å². The molecule has 3 rings (SSSR count). The quantitative estimate of drug-likeness (QED) is 0.909. The second-order valence-corrected chi connectivity index (χ2v) is 7.39. The van der Waals surface area contributed by atoms with Gasteiger partial charge in [-0.1, -0.05) is 12.1 Å². The average Bonchev–Trinajstić information content (AvgIpc) is 3.19. The molecule has 124 valence electrons. The second-order valence-electron chi connectivity index (χ2n) is 6.28. The summed E-state index contributed by atoms with van der Waals surface area (Å²) in [7, 11) is 1.84. The Bertz CT molecular complexity index is 654. The molecular weight excluding hydrogens is 310 g/mol. The Labute approximate surface area is 140 Å². The maximum Gasteiger partial charge on any atom is 0.239 e. The van der Waals surface area contributed by atoms with Crippen LogP contribution in [-0.4, -0.2) is 58.6 Å². The average molecular weight is 333 g/mol. The van der Waals surface area contributed by atoms with Gasteiger partial charge in [0.15, 0.2) is 0 Å². The molecule has 1 amide bonds. The van der Waals surface area contributed by atoms with E-state index in [9.17, 15) is 9.90 Å². The maximum absolute atomic E-state index is 12.6. The van der Waals surface area contributed by atoms with E-state index in [1.807, 2.05) is 32.2 Å². The van der Waals surface area contributed by atoms with Crippen LogP contribution in [0.3, 0.4) is 0 Å². The summed E-state index contributed by atoms with van der Waals surface area (Å²) < 4.78 is 1.15. The molecule has 0 saturated carbocycles. The number of aliphatic hydroxyl groups excluding tert-OH is 1. The van der Waals surface area contributed by atoms with Crippen LogP contribution in [0.1, 0.15) is 18.4 Å². The first kappa shape index (κ1) is 16.4. The lowest BCUT2D eigenvalue weighted by molar-refractivity contribution is -0.135. The van der Waals surface area contributed by atoms with Crippen molar-refractivity contribution < 1.29 is 9.90 Å². The Kier molecular flexibility index (Phi) is 4.94. The number of carbonyl (C=O) groups is 1. The van der Waals surface area contributed by atoms with Crippen LogP contribution >= 0.6 is 11.3 Å². The molecule has 1 aromatic heterocycles. The molecule has 2 heterocycles. The van der Waals surface area contributed by atoms with E-state index in [1.165, 1.54) is 0 Å². The van der Waals surface area contributed by atoms with Gasteiger partial charge in [-0.2, -0.15) is 0 Å². The molecule has 1 aromatic carbocycles. The smallest absolute Gasteiger partial charge is 0.239 e. The van der Waals surface area contributed by atoms with Crippen molar-refractivity contribution in [1.82, 2.24) is 14.8 Å². The highest BCUT2D eigenvalue weighted by molar-refractivity contribution is 7.18. The molecule has 1 aliphatic rings. The lowest BCUT2D eigenvalue weighted by Gasteiger charge is -2.27. The van der Waals surface area contributed by atoms with Crippen molar-refractivity contribution in [2.45, 2.75) is 25.9 Å². The molecule has 5 nitrogen and oxygen atoms in total. The summed E-state index contributed by atoms with van der Waals surface area (Å²) in [6.45, 7) is 4.39. The second kappa shape index (κ2) is 6.95. The van der Waals surface area contributed by atoms with Crippen molar-refractivity contribution in [2.75, 3.05) is 26.7 Å². The SMILES string of the molecule is CC(C(=O)N(C)Cc1nc2ccccc2s1)N1CCC(CO)C1. The van der Waals surface area contributed by atoms with Crippen LogP contribution in [0, 0.1) is 5.92 Å². The molecule has 6 heteroatoms. The van der Waals surface area contributed by atoms with E-state index in [4.69, 9.17) is 0 Å². The number of para-hydroxylation sites is 1. The van der Waals surface area contributed by atoms with Gasteiger partial charge in [-0.3, -0.25) is 9.69 Å². The molecule has 23 heavy (non-hydrogen) atoms. The molecule has 0 spiro atoms. The summed E-state index contributed by atoms with van der Waals surface area (Å²) in [5.41, 5.74) is 0.992. The van der Waals surface area contributed by atoms with Crippen LogP contribution in [0.4, 0.5) is 0 Å². The van der Waals surface area contributed by atoms with E-state index in [0.29, 0.717) is 12.5 Å². The standard InChI is InChI=1S/C17H23N3O2S/c1-12(20-8-7-13(9-20)11-21)17(22)19(2)10-16-18-14-5-3-4-6-15(14)23-16/h3-6,12-13,21H,7-11H2,1-2H3. The van der Waals surface area contributed by atoms with Crippen molar-refractivity contribution >= 4 is 27.5 Å². The first-order chi connectivity index (χ1) is 11.1. The zero-order valence-corrected chi connectivity index (χ0v) is 14.4. The number of nitrogens with zero attached hydrogens (tertiary/aromatic N) is 3. The van der Waals surface area contributed by atoms with Crippen molar-refractivity contribution in [3.8, 4) is 0 Å². The normalized spacial score (nSPS) is 20.0. The van der Waals surface area contributed by atoms with E-state index in [2.05, 4.69) is 16.0 Å². The Balaban J connectivity index is 1.62. The summed E-state index contributed by atoms with van der Waals surface area (Å²) in [6, 6.07) is 7.89. The highest BCUT2D eigenvalue weighted by Gasteiger charge is 2.30. The number of fused-ring (bicyclic) bond motifs is 1. The minimum Gasteiger partial charge on any atom is -0.396 e. The fourth-order valence-corrected chi connectivity index (χ4v) is 4.13.